The number of carbonyl (C=O) groups is 2. The fourth-order valence-corrected chi connectivity index (χ4v) is 5.68. The Morgan fingerprint density at radius 1 is 1.05 bits per heavy atom. The van der Waals surface area contributed by atoms with Gasteiger partial charge >= 0.3 is 17.9 Å². The number of alkyl halides is 3. The molecule has 0 aliphatic carbocycles. The molecule has 0 aromatic heterocycles. The summed E-state index contributed by atoms with van der Waals surface area (Å²) in [5, 5.41) is 12.5. The summed E-state index contributed by atoms with van der Waals surface area (Å²) in [6.45, 7) is -1.71. The van der Waals surface area contributed by atoms with Crippen molar-refractivity contribution in [3.63, 3.8) is 0 Å². The number of benzene rings is 1. The number of piperidine rings is 1. The van der Waals surface area contributed by atoms with Crippen molar-refractivity contribution in [1.82, 2.24) is 29.4 Å². The maximum absolute atomic E-state index is 14.5. The lowest BCUT2D eigenvalue weighted by Crippen LogP contribution is -2.54. The molecule has 2 fully saturated rings. The lowest BCUT2D eigenvalue weighted by Gasteiger charge is -2.34. The monoisotopic (exact) mass is 582 g/mol. The summed E-state index contributed by atoms with van der Waals surface area (Å²) in [7, 11) is 0. The number of hydrogen-bond acceptors (Lipinski definition) is 5. The number of imidazole rings is 1. The second-order valence-electron chi connectivity index (χ2n) is 10.3. The van der Waals surface area contributed by atoms with Crippen molar-refractivity contribution in [3.05, 3.63) is 64.2 Å². The van der Waals surface area contributed by atoms with Gasteiger partial charge in [-0.25, -0.2) is 18.4 Å². The molecule has 220 valence electrons. The molecule has 2 saturated heterocycles. The van der Waals surface area contributed by atoms with Gasteiger partial charge in [0.05, 0.1) is 5.69 Å². The lowest BCUT2D eigenvalue weighted by atomic mass is 9.93. The number of nitrogens with zero attached hydrogens (tertiary/aromatic N) is 5. The van der Waals surface area contributed by atoms with Crippen LogP contribution in [0.1, 0.15) is 43.2 Å². The van der Waals surface area contributed by atoms with E-state index < -0.39 is 60.5 Å². The molecule has 41 heavy (non-hydrogen) atoms. The predicted octanol–water partition coefficient (Wildman–Crippen LogP) is 3.35. The Hall–Kier alpha value is -4.17. The second kappa shape index (κ2) is 11.0. The first-order chi connectivity index (χ1) is 19.4. The van der Waals surface area contributed by atoms with Gasteiger partial charge in [0.2, 0.25) is 5.91 Å². The molecule has 0 bridgehead atoms. The molecule has 0 spiro atoms. The molecule has 4 aliphatic heterocycles. The number of likely N-dealkylation sites (tertiary alicyclic amines) is 2. The van der Waals surface area contributed by atoms with Crippen LogP contribution in [0.5, 0.6) is 0 Å². The van der Waals surface area contributed by atoms with Gasteiger partial charge in [-0.1, -0.05) is 12.1 Å². The van der Waals surface area contributed by atoms with Crippen LogP contribution >= 0.6 is 0 Å². The molecule has 1 aromatic rings. The third-order valence-electron chi connectivity index (χ3n) is 7.65. The van der Waals surface area contributed by atoms with Crippen molar-refractivity contribution < 1.29 is 36.7 Å². The molecule has 0 saturated carbocycles. The summed E-state index contributed by atoms with van der Waals surface area (Å²) in [6, 6.07) is 4.36. The number of hydrogen-bond donors (Lipinski definition) is 2. The minimum atomic E-state index is -4.74. The SMILES string of the molecule is O=C(N[C@@H]1CC[C@@H](c2cccc(F)c2F)CN(CC(F)(F)F)C1=O)N1CCC(n2c3cccn(O)c-3nc2=O)CC1. The van der Waals surface area contributed by atoms with Gasteiger partial charge in [0.15, 0.2) is 17.5 Å². The molecule has 1 aromatic carbocycles. The van der Waals surface area contributed by atoms with E-state index in [9.17, 15) is 41.5 Å². The van der Waals surface area contributed by atoms with Gasteiger partial charge in [-0.15, -0.1) is 0 Å². The van der Waals surface area contributed by atoms with E-state index in [1.807, 2.05) is 0 Å². The molecule has 2 N–H and O–H groups in total. The largest absolute Gasteiger partial charge is 0.427 e. The Morgan fingerprint density at radius 3 is 2.49 bits per heavy atom. The summed E-state index contributed by atoms with van der Waals surface area (Å²) in [5.41, 5.74) is -0.244. The van der Waals surface area contributed by atoms with E-state index in [2.05, 4.69) is 10.3 Å². The Kier molecular flexibility index (Phi) is 7.62. The Balaban J connectivity index is 1.27. The zero-order chi connectivity index (χ0) is 29.5. The first kappa shape index (κ1) is 28.4. The van der Waals surface area contributed by atoms with Crippen LogP contribution in [-0.4, -0.2) is 79.6 Å². The Labute approximate surface area is 230 Å². The van der Waals surface area contributed by atoms with Crippen molar-refractivity contribution in [3.8, 4) is 11.5 Å². The van der Waals surface area contributed by atoms with E-state index in [0.29, 0.717) is 23.4 Å². The zero-order valence-corrected chi connectivity index (χ0v) is 21.7. The van der Waals surface area contributed by atoms with Crippen molar-refractivity contribution in [2.24, 2.45) is 0 Å². The lowest BCUT2D eigenvalue weighted by molar-refractivity contribution is -0.162. The number of urea groups is 1. The van der Waals surface area contributed by atoms with Crippen LogP contribution in [0.4, 0.5) is 26.7 Å². The Bertz CT molecular complexity index is 1470. The van der Waals surface area contributed by atoms with Crippen LogP contribution in [0.15, 0.2) is 41.3 Å². The van der Waals surface area contributed by atoms with E-state index in [1.165, 1.54) is 27.8 Å². The van der Waals surface area contributed by atoms with Crippen molar-refractivity contribution >= 4 is 11.9 Å². The van der Waals surface area contributed by atoms with Gasteiger partial charge in [0.1, 0.15) is 12.6 Å². The minimum Gasteiger partial charge on any atom is -0.427 e. The summed E-state index contributed by atoms with van der Waals surface area (Å²) in [4.78, 5) is 44.5. The summed E-state index contributed by atoms with van der Waals surface area (Å²) in [6.07, 6.45) is -2.72. The smallest absolute Gasteiger partial charge is 0.406 e. The molecule has 15 heteroatoms. The average Bonchev–Trinajstić information content (AvgIpc) is 3.19. The van der Waals surface area contributed by atoms with Gasteiger partial charge in [0, 0.05) is 37.8 Å². The molecule has 0 radical (unpaired) electrons. The number of aromatic nitrogens is 3. The summed E-state index contributed by atoms with van der Waals surface area (Å²) in [5.74, 6) is -4.08. The highest BCUT2D eigenvalue weighted by atomic mass is 19.4. The highest BCUT2D eigenvalue weighted by Crippen LogP contribution is 2.32. The summed E-state index contributed by atoms with van der Waals surface area (Å²) < 4.78 is 70.5. The van der Waals surface area contributed by atoms with Crippen molar-refractivity contribution in [1.29, 1.82) is 0 Å². The topological polar surface area (TPSA) is 113 Å². The van der Waals surface area contributed by atoms with Gasteiger partial charge in [-0.2, -0.15) is 22.9 Å². The molecule has 0 unspecified atom stereocenters. The third kappa shape index (κ3) is 5.84. The fourth-order valence-electron chi connectivity index (χ4n) is 5.68. The predicted molar refractivity (Wildman–Crippen MR) is 133 cm³/mol. The molecule has 4 heterocycles. The number of amides is 3. The number of pyridine rings is 1. The molecule has 3 amide bonds. The van der Waals surface area contributed by atoms with E-state index in [0.717, 1.165) is 10.8 Å². The molecule has 5 rings (SSSR count). The quantitative estimate of drug-likeness (QED) is 0.362. The highest BCUT2D eigenvalue weighted by Gasteiger charge is 2.40. The van der Waals surface area contributed by atoms with Crippen LogP contribution in [0.2, 0.25) is 0 Å². The zero-order valence-electron chi connectivity index (χ0n) is 21.7. The van der Waals surface area contributed by atoms with E-state index in [1.54, 1.807) is 12.1 Å². The first-order valence-electron chi connectivity index (χ1n) is 13.1. The first-order valence-corrected chi connectivity index (χ1v) is 13.1. The molecular weight excluding hydrogens is 555 g/mol. The van der Waals surface area contributed by atoms with Gasteiger partial charge in [-0.05, 0) is 49.4 Å². The Morgan fingerprint density at radius 2 is 1.78 bits per heavy atom. The van der Waals surface area contributed by atoms with Crippen LogP contribution in [0.25, 0.3) is 11.5 Å². The standard InChI is InChI=1S/C26H27F5N6O4/c27-18-4-1-3-17(21(18)28)15-6-7-19(23(38)35(13-15)14-26(29,30)31)32-24(39)34-11-8-16(9-12-34)37-20-5-2-10-36(41)22(20)33-25(37)40/h1-5,10,15-16,19,41H,6-9,11-14H2,(H,32,39)/t15-,19-/m1/s1. The van der Waals surface area contributed by atoms with Gasteiger partial charge < -0.3 is 20.3 Å². The van der Waals surface area contributed by atoms with E-state index in [4.69, 9.17) is 0 Å². The maximum Gasteiger partial charge on any atom is 0.406 e. The highest BCUT2D eigenvalue weighted by molar-refractivity contribution is 5.87. The molecule has 2 atom stereocenters. The van der Waals surface area contributed by atoms with Gasteiger partial charge in [0.25, 0.3) is 0 Å². The van der Waals surface area contributed by atoms with Crippen LogP contribution < -0.4 is 11.0 Å². The molecular formula is C26H27F5N6O4. The number of halogens is 5. The minimum absolute atomic E-state index is 0.0400. The number of fused-ring (bicyclic) bond motifs is 1. The molecule has 10 nitrogen and oxygen atoms in total. The third-order valence-corrected chi connectivity index (χ3v) is 7.65. The number of rotatable bonds is 4. The second-order valence-corrected chi connectivity index (χ2v) is 10.3. The van der Waals surface area contributed by atoms with Crippen LogP contribution in [0.3, 0.4) is 0 Å². The van der Waals surface area contributed by atoms with E-state index >= 15 is 0 Å². The van der Waals surface area contributed by atoms with Crippen LogP contribution in [0, 0.1) is 11.6 Å². The maximum atomic E-state index is 14.5. The molecule has 4 aliphatic rings. The van der Waals surface area contributed by atoms with E-state index in [-0.39, 0.29) is 43.4 Å². The summed E-state index contributed by atoms with van der Waals surface area (Å²) >= 11 is 0. The average molecular weight is 583 g/mol. The van der Waals surface area contributed by atoms with Crippen molar-refractivity contribution in [2.75, 3.05) is 26.2 Å². The fraction of sp³-hybridized carbons (Fsp3) is 0.462. The normalized spacial score (nSPS) is 20.9. The number of carbonyl (C=O) groups excluding carboxylic acids is 2. The van der Waals surface area contributed by atoms with Gasteiger partial charge in [-0.3, -0.25) is 9.36 Å². The van der Waals surface area contributed by atoms with Crippen molar-refractivity contribution in [2.45, 2.75) is 49.9 Å². The number of nitrogens with one attached hydrogen (secondary N) is 1. The van der Waals surface area contributed by atoms with Crippen LogP contribution in [-0.2, 0) is 4.79 Å².